The minimum atomic E-state index is -0.644. The molecule has 0 bridgehead atoms. The third-order valence-electron chi connectivity index (χ3n) is 3.82. The van der Waals surface area contributed by atoms with E-state index >= 15 is 0 Å². The van der Waals surface area contributed by atoms with E-state index in [0.717, 1.165) is 11.3 Å². The minimum absolute atomic E-state index is 0.0271. The Balaban J connectivity index is 2.21. The summed E-state index contributed by atoms with van der Waals surface area (Å²) in [4.78, 5) is 37.3. The summed E-state index contributed by atoms with van der Waals surface area (Å²) in [5, 5.41) is 2.80. The van der Waals surface area contributed by atoms with Crippen molar-refractivity contribution < 1.29 is 33.3 Å². The summed E-state index contributed by atoms with van der Waals surface area (Å²) in [5.41, 5.74) is 0.478. The van der Waals surface area contributed by atoms with E-state index < -0.39 is 17.8 Å². The molecule has 0 aliphatic heterocycles. The topological polar surface area (TPSA) is 100 Å². The molecule has 30 heavy (non-hydrogen) atoms. The summed E-state index contributed by atoms with van der Waals surface area (Å²) in [5.74, 6) is -0.893. The van der Waals surface area contributed by atoms with Gasteiger partial charge in [-0.15, -0.1) is 11.3 Å². The van der Waals surface area contributed by atoms with Crippen molar-refractivity contribution in [1.82, 2.24) is 0 Å². The molecule has 9 heteroatoms. The first-order chi connectivity index (χ1) is 14.4. The smallest absolute Gasteiger partial charge is 0.348 e. The van der Waals surface area contributed by atoms with Crippen LogP contribution in [0.3, 0.4) is 0 Å². The molecule has 0 unspecified atom stereocenters. The molecule has 0 saturated heterocycles. The van der Waals surface area contributed by atoms with E-state index in [1.165, 1.54) is 13.2 Å². The number of hydrogen-bond acceptors (Lipinski definition) is 8. The number of amides is 1. The van der Waals surface area contributed by atoms with Crippen LogP contribution in [-0.2, 0) is 14.3 Å². The maximum Gasteiger partial charge on any atom is 0.348 e. The first-order valence-corrected chi connectivity index (χ1v) is 9.88. The van der Waals surface area contributed by atoms with Crippen LogP contribution in [0.2, 0.25) is 0 Å². The average molecular weight is 433 g/mol. The zero-order valence-corrected chi connectivity index (χ0v) is 17.8. The number of hydrogen-bond donors (Lipinski definition) is 1. The van der Waals surface area contributed by atoms with Gasteiger partial charge >= 0.3 is 11.9 Å². The van der Waals surface area contributed by atoms with Crippen molar-refractivity contribution in [2.45, 2.75) is 13.8 Å². The number of esters is 2. The van der Waals surface area contributed by atoms with E-state index in [-0.39, 0.29) is 35.3 Å². The van der Waals surface area contributed by atoms with Gasteiger partial charge in [0.05, 0.1) is 19.3 Å². The summed E-state index contributed by atoms with van der Waals surface area (Å²) in [6.45, 7) is 6.60. The van der Waals surface area contributed by atoms with Gasteiger partial charge in [0, 0.05) is 0 Å². The van der Waals surface area contributed by atoms with E-state index in [2.05, 4.69) is 11.9 Å². The highest BCUT2D eigenvalue weighted by Crippen LogP contribution is 2.34. The minimum Gasteiger partial charge on any atom is -0.493 e. The maximum absolute atomic E-state index is 12.4. The lowest BCUT2D eigenvalue weighted by Crippen LogP contribution is -2.21. The normalized spacial score (nSPS) is 10.1. The largest absolute Gasteiger partial charge is 0.493 e. The number of carbonyl (C=O) groups excluding carboxylic acids is 3. The number of anilines is 1. The van der Waals surface area contributed by atoms with E-state index in [1.54, 1.807) is 38.1 Å². The summed E-state index contributed by atoms with van der Waals surface area (Å²) in [7, 11) is 1.50. The third kappa shape index (κ3) is 5.60. The molecule has 0 atom stereocenters. The van der Waals surface area contributed by atoms with Crippen LogP contribution < -0.4 is 14.8 Å². The van der Waals surface area contributed by atoms with Gasteiger partial charge in [0.1, 0.15) is 16.5 Å². The van der Waals surface area contributed by atoms with Gasteiger partial charge in [-0.25, -0.2) is 9.59 Å². The Morgan fingerprint density at radius 2 is 1.83 bits per heavy atom. The van der Waals surface area contributed by atoms with Crippen molar-refractivity contribution in [3.8, 4) is 11.5 Å². The lowest BCUT2D eigenvalue weighted by Gasteiger charge is -2.10. The molecule has 0 saturated carbocycles. The van der Waals surface area contributed by atoms with Crippen LogP contribution >= 0.6 is 11.3 Å². The number of nitrogens with one attached hydrogen (secondary N) is 1. The number of rotatable bonds is 10. The highest BCUT2D eigenvalue weighted by atomic mass is 32.1. The highest BCUT2D eigenvalue weighted by molar-refractivity contribution is 7.18. The second-order valence-corrected chi connectivity index (χ2v) is 6.88. The molecule has 2 rings (SSSR count). The van der Waals surface area contributed by atoms with Crippen LogP contribution in [0.15, 0.2) is 36.9 Å². The number of carbonyl (C=O) groups is 3. The predicted molar refractivity (Wildman–Crippen MR) is 113 cm³/mol. The molecule has 160 valence electrons. The van der Waals surface area contributed by atoms with Crippen molar-refractivity contribution >= 4 is 34.2 Å². The Morgan fingerprint density at radius 1 is 1.13 bits per heavy atom. The molecular weight excluding hydrogens is 410 g/mol. The van der Waals surface area contributed by atoms with Crippen molar-refractivity contribution in [2.75, 3.05) is 32.2 Å². The third-order valence-corrected chi connectivity index (χ3v) is 5.01. The summed E-state index contributed by atoms with van der Waals surface area (Å²) >= 11 is 0.935. The number of ether oxygens (including phenoxy) is 4. The second kappa shape index (κ2) is 11.0. The van der Waals surface area contributed by atoms with Crippen LogP contribution in [0, 0.1) is 6.92 Å². The Hall–Kier alpha value is -3.33. The van der Waals surface area contributed by atoms with Gasteiger partial charge in [-0.05, 0) is 31.5 Å². The first-order valence-electron chi connectivity index (χ1n) is 9.07. The molecule has 1 N–H and O–H groups in total. The molecule has 0 fully saturated rings. The molecule has 1 amide bonds. The van der Waals surface area contributed by atoms with E-state index in [9.17, 15) is 14.4 Å². The second-order valence-electron chi connectivity index (χ2n) is 5.86. The molecule has 0 aliphatic carbocycles. The Labute approximate surface area is 178 Å². The van der Waals surface area contributed by atoms with E-state index in [0.29, 0.717) is 17.1 Å². The van der Waals surface area contributed by atoms with Crippen LogP contribution in [-0.4, -0.2) is 44.8 Å². The Bertz CT molecular complexity index is 935. The molecule has 1 aromatic heterocycles. The van der Waals surface area contributed by atoms with Gasteiger partial charge in [-0.2, -0.15) is 0 Å². The van der Waals surface area contributed by atoms with E-state index in [1.807, 2.05) is 0 Å². The summed E-state index contributed by atoms with van der Waals surface area (Å²) < 4.78 is 20.8. The predicted octanol–water partition coefficient (Wildman–Crippen LogP) is 3.60. The fourth-order valence-corrected chi connectivity index (χ4v) is 3.59. The quantitative estimate of drug-likeness (QED) is 0.451. The Kier molecular flexibility index (Phi) is 8.42. The average Bonchev–Trinajstić information content (AvgIpc) is 3.06. The number of thiophene rings is 1. The molecule has 0 spiro atoms. The van der Waals surface area contributed by atoms with E-state index in [4.69, 9.17) is 18.9 Å². The van der Waals surface area contributed by atoms with Crippen molar-refractivity contribution in [1.29, 1.82) is 0 Å². The summed E-state index contributed by atoms with van der Waals surface area (Å²) in [6.07, 6.45) is 1.44. The van der Waals surface area contributed by atoms with Crippen LogP contribution in [0.5, 0.6) is 11.5 Å². The van der Waals surface area contributed by atoms with Crippen LogP contribution in [0.4, 0.5) is 5.00 Å². The fourth-order valence-electron chi connectivity index (χ4n) is 2.49. The Morgan fingerprint density at radius 3 is 2.47 bits per heavy atom. The van der Waals surface area contributed by atoms with Gasteiger partial charge in [0.2, 0.25) is 0 Å². The van der Waals surface area contributed by atoms with Gasteiger partial charge in [-0.1, -0.05) is 24.8 Å². The van der Waals surface area contributed by atoms with Crippen LogP contribution in [0.25, 0.3) is 0 Å². The summed E-state index contributed by atoms with van der Waals surface area (Å²) in [6, 6.07) is 6.90. The monoisotopic (exact) mass is 433 g/mol. The zero-order chi connectivity index (χ0) is 22.1. The molecule has 1 heterocycles. The van der Waals surface area contributed by atoms with Crippen molar-refractivity contribution in [2.24, 2.45) is 0 Å². The molecule has 2 aromatic rings. The molecule has 0 radical (unpaired) electrons. The van der Waals surface area contributed by atoms with Gasteiger partial charge in [0.25, 0.3) is 5.91 Å². The lowest BCUT2D eigenvalue weighted by atomic mass is 10.1. The lowest BCUT2D eigenvalue weighted by molar-refractivity contribution is -0.118. The zero-order valence-electron chi connectivity index (χ0n) is 17.0. The van der Waals surface area contributed by atoms with Gasteiger partial charge in [-0.3, -0.25) is 4.79 Å². The fraction of sp³-hybridized carbons (Fsp3) is 0.286. The molecule has 8 nitrogen and oxygen atoms in total. The van der Waals surface area contributed by atoms with Crippen molar-refractivity contribution in [3.05, 3.63) is 52.9 Å². The number of benzene rings is 1. The number of methoxy groups -OCH3 is 1. The molecule has 1 aromatic carbocycles. The molecular formula is C21H23NO7S. The molecule has 0 aliphatic rings. The standard InChI is InChI=1S/C21H23NO7S/c1-5-11-28-21(25)18-13(3)17(20(24)27-6-2)19(30-18)22-16(23)12-29-15-10-8-7-9-14(15)26-4/h5,7-10H,1,6,11-12H2,2-4H3,(H,22,23). The van der Waals surface area contributed by atoms with Gasteiger partial charge < -0.3 is 24.3 Å². The van der Waals surface area contributed by atoms with Crippen molar-refractivity contribution in [3.63, 3.8) is 0 Å². The van der Waals surface area contributed by atoms with Crippen LogP contribution in [0.1, 0.15) is 32.5 Å². The SMILES string of the molecule is C=CCOC(=O)c1sc(NC(=O)COc2ccccc2OC)c(C(=O)OCC)c1C. The van der Waals surface area contributed by atoms with Gasteiger partial charge in [0.15, 0.2) is 18.1 Å². The number of para-hydroxylation sites is 2. The highest BCUT2D eigenvalue weighted by Gasteiger charge is 2.27. The first kappa shape index (κ1) is 23.0. The maximum atomic E-state index is 12.4.